The number of amides is 1. The molecule has 0 saturated carbocycles. The molecule has 8 heteroatoms. The van der Waals surface area contributed by atoms with Crippen LogP contribution >= 0.6 is 34.5 Å². The normalized spacial score (nSPS) is 10.3. The summed E-state index contributed by atoms with van der Waals surface area (Å²) in [4.78, 5) is 25.5. The molecule has 0 unspecified atom stereocenters. The molecule has 5 nitrogen and oxygen atoms in total. The molecule has 0 aliphatic heterocycles. The van der Waals surface area contributed by atoms with Crippen molar-refractivity contribution in [2.45, 2.75) is 11.8 Å². The Hall–Kier alpha value is -0.850. The van der Waals surface area contributed by atoms with E-state index in [0.717, 1.165) is 11.3 Å². The molecule has 1 aromatic heterocycles. The average Bonchev–Trinajstić information content (AvgIpc) is 2.58. The van der Waals surface area contributed by atoms with Gasteiger partial charge in [0.15, 0.2) is 9.97 Å². The number of anilines is 1. The minimum Gasteiger partial charge on any atom is -0.465 e. The van der Waals surface area contributed by atoms with E-state index < -0.39 is 16.7 Å². The molecule has 0 aliphatic rings. The first-order valence-corrected chi connectivity index (χ1v) is 5.79. The average molecular weight is 283 g/mol. The standard InChI is InChI=1S/C8H8Cl2N2O3S/c1-3-4(7(14)15-2)16-8(11-3)12-6(13)5(9)10/h5H,1-2H3,(H,11,12,13). The summed E-state index contributed by atoms with van der Waals surface area (Å²) in [6, 6.07) is 0. The van der Waals surface area contributed by atoms with Crippen LogP contribution in [0.25, 0.3) is 0 Å². The van der Waals surface area contributed by atoms with Gasteiger partial charge in [-0.05, 0) is 6.92 Å². The minimum atomic E-state index is -1.18. The fraction of sp³-hybridized carbons (Fsp3) is 0.375. The predicted molar refractivity (Wildman–Crippen MR) is 62.3 cm³/mol. The van der Waals surface area contributed by atoms with Crippen LogP contribution in [0, 0.1) is 6.92 Å². The molecule has 0 aliphatic carbocycles. The number of thiazole rings is 1. The summed E-state index contributed by atoms with van der Waals surface area (Å²) in [7, 11) is 1.27. The lowest BCUT2D eigenvalue weighted by molar-refractivity contribution is -0.114. The van der Waals surface area contributed by atoms with Crippen LogP contribution in [0.3, 0.4) is 0 Å². The van der Waals surface area contributed by atoms with Gasteiger partial charge in [-0.1, -0.05) is 34.5 Å². The van der Waals surface area contributed by atoms with Gasteiger partial charge in [-0.15, -0.1) is 0 Å². The zero-order chi connectivity index (χ0) is 12.3. The van der Waals surface area contributed by atoms with Gasteiger partial charge in [0.25, 0.3) is 5.91 Å². The second-order valence-corrected chi connectivity index (χ2v) is 4.81. The molecular weight excluding hydrogens is 275 g/mol. The van der Waals surface area contributed by atoms with Crippen LogP contribution in [-0.2, 0) is 9.53 Å². The number of ether oxygens (including phenoxy) is 1. The van der Waals surface area contributed by atoms with Crippen LogP contribution in [0.5, 0.6) is 0 Å². The molecular formula is C8H8Cl2N2O3S. The van der Waals surface area contributed by atoms with E-state index in [1.54, 1.807) is 6.92 Å². The first kappa shape index (κ1) is 13.2. The number of hydrogen-bond donors (Lipinski definition) is 1. The van der Waals surface area contributed by atoms with E-state index in [1.807, 2.05) is 0 Å². The van der Waals surface area contributed by atoms with Gasteiger partial charge in [-0.2, -0.15) is 0 Å². The van der Waals surface area contributed by atoms with Gasteiger partial charge in [0.05, 0.1) is 12.8 Å². The third kappa shape index (κ3) is 3.07. The predicted octanol–water partition coefficient (Wildman–Crippen LogP) is 1.98. The Bertz CT molecular complexity index is 419. The molecule has 1 amide bonds. The largest absolute Gasteiger partial charge is 0.465 e. The molecule has 1 aromatic rings. The van der Waals surface area contributed by atoms with Crippen molar-refractivity contribution in [1.82, 2.24) is 4.98 Å². The number of carbonyl (C=O) groups excluding carboxylic acids is 2. The number of alkyl halides is 2. The molecule has 0 bridgehead atoms. The molecule has 16 heavy (non-hydrogen) atoms. The molecule has 1 N–H and O–H groups in total. The van der Waals surface area contributed by atoms with E-state index in [0.29, 0.717) is 10.6 Å². The molecule has 88 valence electrons. The molecule has 0 spiro atoms. The Balaban J connectivity index is 2.85. The van der Waals surface area contributed by atoms with Crippen LogP contribution < -0.4 is 5.32 Å². The maximum Gasteiger partial charge on any atom is 0.350 e. The van der Waals surface area contributed by atoms with Gasteiger partial charge in [-0.25, -0.2) is 9.78 Å². The first-order chi connectivity index (χ1) is 7.45. The topological polar surface area (TPSA) is 68.3 Å². The van der Waals surface area contributed by atoms with E-state index in [1.165, 1.54) is 7.11 Å². The van der Waals surface area contributed by atoms with Crippen molar-refractivity contribution in [2.24, 2.45) is 0 Å². The summed E-state index contributed by atoms with van der Waals surface area (Å²) in [6.45, 7) is 1.64. The Kier molecular flexibility index (Phi) is 4.52. The van der Waals surface area contributed by atoms with E-state index in [2.05, 4.69) is 15.0 Å². The Morgan fingerprint density at radius 3 is 2.62 bits per heavy atom. The van der Waals surface area contributed by atoms with Crippen LogP contribution in [0.15, 0.2) is 0 Å². The number of hydrogen-bond acceptors (Lipinski definition) is 5. The maximum absolute atomic E-state index is 11.3. The number of aromatic nitrogens is 1. The highest BCUT2D eigenvalue weighted by atomic mass is 35.5. The van der Waals surface area contributed by atoms with Crippen LogP contribution in [0.4, 0.5) is 5.13 Å². The summed E-state index contributed by atoms with van der Waals surface area (Å²) < 4.78 is 4.55. The van der Waals surface area contributed by atoms with E-state index >= 15 is 0 Å². The minimum absolute atomic E-state index is 0.259. The third-order valence-corrected chi connectivity index (χ3v) is 3.05. The maximum atomic E-state index is 11.3. The van der Waals surface area contributed by atoms with Crippen molar-refractivity contribution in [1.29, 1.82) is 0 Å². The highest BCUT2D eigenvalue weighted by Gasteiger charge is 2.18. The van der Waals surface area contributed by atoms with Gasteiger partial charge < -0.3 is 4.74 Å². The summed E-state index contributed by atoms with van der Waals surface area (Å²) in [5.41, 5.74) is 0.479. The SMILES string of the molecule is COC(=O)c1sc(NC(=O)C(Cl)Cl)nc1C. The number of methoxy groups -OCH3 is 1. The number of rotatable bonds is 3. The number of carbonyl (C=O) groups is 2. The Morgan fingerprint density at radius 2 is 2.12 bits per heavy atom. The number of aryl methyl sites for hydroxylation is 1. The van der Waals surface area contributed by atoms with Crippen molar-refractivity contribution in [3.8, 4) is 0 Å². The molecule has 1 rings (SSSR count). The van der Waals surface area contributed by atoms with Crippen molar-refractivity contribution < 1.29 is 14.3 Å². The quantitative estimate of drug-likeness (QED) is 0.680. The highest BCUT2D eigenvalue weighted by Crippen LogP contribution is 2.23. The van der Waals surface area contributed by atoms with Gasteiger partial charge in [0.1, 0.15) is 4.88 Å². The fourth-order valence-electron chi connectivity index (χ4n) is 0.892. The van der Waals surface area contributed by atoms with Crippen molar-refractivity contribution in [3.05, 3.63) is 10.6 Å². The molecule has 0 fully saturated rings. The number of nitrogens with zero attached hydrogens (tertiary/aromatic N) is 1. The van der Waals surface area contributed by atoms with Crippen molar-refractivity contribution >= 4 is 51.5 Å². The first-order valence-electron chi connectivity index (χ1n) is 4.10. The molecule has 1 heterocycles. The van der Waals surface area contributed by atoms with Crippen LogP contribution in [0.1, 0.15) is 15.4 Å². The molecule has 0 atom stereocenters. The smallest absolute Gasteiger partial charge is 0.350 e. The highest BCUT2D eigenvalue weighted by molar-refractivity contribution is 7.17. The molecule has 0 aromatic carbocycles. The van der Waals surface area contributed by atoms with Gasteiger partial charge in [0, 0.05) is 0 Å². The lowest BCUT2D eigenvalue weighted by Crippen LogP contribution is -2.18. The Morgan fingerprint density at radius 1 is 1.50 bits per heavy atom. The summed E-state index contributed by atoms with van der Waals surface area (Å²) in [5, 5.41) is 2.64. The molecule has 0 radical (unpaired) electrons. The van der Waals surface area contributed by atoms with Gasteiger partial charge in [-0.3, -0.25) is 10.1 Å². The van der Waals surface area contributed by atoms with Crippen molar-refractivity contribution in [2.75, 3.05) is 12.4 Å². The Labute approximate surface area is 106 Å². The monoisotopic (exact) mass is 282 g/mol. The van der Waals surface area contributed by atoms with E-state index in [4.69, 9.17) is 23.2 Å². The van der Waals surface area contributed by atoms with Gasteiger partial charge in [0.2, 0.25) is 0 Å². The second kappa shape index (κ2) is 5.47. The third-order valence-electron chi connectivity index (χ3n) is 1.60. The van der Waals surface area contributed by atoms with Crippen LogP contribution in [0.2, 0.25) is 0 Å². The molecule has 0 saturated heterocycles. The van der Waals surface area contributed by atoms with E-state index in [9.17, 15) is 9.59 Å². The summed E-state index contributed by atoms with van der Waals surface area (Å²) >= 11 is 11.7. The number of esters is 1. The second-order valence-electron chi connectivity index (χ2n) is 2.72. The lowest BCUT2D eigenvalue weighted by atomic mass is 10.4. The number of halogens is 2. The van der Waals surface area contributed by atoms with Crippen LogP contribution in [-0.4, -0.2) is 28.8 Å². The zero-order valence-corrected chi connectivity index (χ0v) is 10.7. The lowest BCUT2D eigenvalue weighted by Gasteiger charge is -1.99. The summed E-state index contributed by atoms with van der Waals surface area (Å²) in [6.07, 6.45) is 0. The van der Waals surface area contributed by atoms with E-state index in [-0.39, 0.29) is 5.13 Å². The fourth-order valence-corrected chi connectivity index (χ4v) is 1.89. The zero-order valence-electron chi connectivity index (χ0n) is 8.41. The number of nitrogens with one attached hydrogen (secondary N) is 1. The summed E-state index contributed by atoms with van der Waals surface area (Å²) in [5.74, 6) is -1.09. The van der Waals surface area contributed by atoms with Gasteiger partial charge >= 0.3 is 5.97 Å². The van der Waals surface area contributed by atoms with Crippen molar-refractivity contribution in [3.63, 3.8) is 0 Å².